The molecular formula is C109H134F12N12O5. The van der Waals surface area contributed by atoms with Crippen molar-refractivity contribution in [2.45, 2.75) is 311 Å². The molecule has 0 radical (unpaired) electrons. The Hall–Kier alpha value is -9.84. The number of pyridine rings is 4. The molecule has 20 rings (SSSR count). The minimum atomic E-state index is -4.44. The molecule has 4 aliphatic heterocycles. The number of ether oxygens (including phenoxy) is 1. The van der Waals surface area contributed by atoms with Crippen LogP contribution in [0.15, 0.2) is 134 Å². The number of para-hydroxylation sites is 1. The van der Waals surface area contributed by atoms with Gasteiger partial charge in [0.25, 0.3) is 0 Å². The van der Waals surface area contributed by atoms with Crippen LogP contribution >= 0.6 is 0 Å². The summed E-state index contributed by atoms with van der Waals surface area (Å²) in [7, 11) is 1.66. The van der Waals surface area contributed by atoms with Crippen molar-refractivity contribution >= 4 is 23.6 Å². The second-order valence-corrected chi connectivity index (χ2v) is 41.1. The lowest BCUT2D eigenvalue weighted by molar-refractivity contribution is -0.145. The van der Waals surface area contributed by atoms with E-state index in [1.807, 2.05) is 24.3 Å². The fourth-order valence-corrected chi connectivity index (χ4v) is 25.6. The maximum absolute atomic E-state index is 13.9. The zero-order valence-electron chi connectivity index (χ0n) is 78.6. The molecule has 0 bridgehead atoms. The van der Waals surface area contributed by atoms with E-state index >= 15 is 0 Å². The van der Waals surface area contributed by atoms with Gasteiger partial charge in [-0.15, -0.1) is 0 Å². The smallest absolute Gasteiger partial charge is 0.417 e. The summed E-state index contributed by atoms with van der Waals surface area (Å²) in [5.74, 6) is 2.71. The highest BCUT2D eigenvalue weighted by atomic mass is 19.4. The molecule has 744 valence electrons. The maximum atomic E-state index is 13.9. The Bertz CT molecular complexity index is 5710. The van der Waals surface area contributed by atoms with E-state index in [0.29, 0.717) is 127 Å². The van der Waals surface area contributed by atoms with Gasteiger partial charge in [0, 0.05) is 182 Å². The number of nitrogens with zero attached hydrogens (tertiary/aromatic N) is 8. The second-order valence-electron chi connectivity index (χ2n) is 41.1. The van der Waals surface area contributed by atoms with Gasteiger partial charge < -0.3 is 45.6 Å². The van der Waals surface area contributed by atoms with Gasteiger partial charge in [-0.1, -0.05) is 132 Å². The number of alkyl halides is 12. The third-order valence-electron chi connectivity index (χ3n) is 32.9. The van der Waals surface area contributed by atoms with E-state index in [0.717, 1.165) is 197 Å². The average molecular weight is 1920 g/mol. The Morgan fingerprint density at radius 2 is 0.703 bits per heavy atom. The molecule has 0 saturated heterocycles. The Labute approximate surface area is 803 Å². The first-order valence-corrected chi connectivity index (χ1v) is 49.0. The molecule has 12 atom stereocenters. The third-order valence-corrected chi connectivity index (χ3v) is 32.9. The van der Waals surface area contributed by atoms with Crippen LogP contribution in [0.2, 0.25) is 0 Å². The number of carbonyl (C=O) groups is 4. The number of hydrogen-bond donors (Lipinski definition) is 4. The fourth-order valence-electron chi connectivity index (χ4n) is 25.6. The molecule has 17 nitrogen and oxygen atoms in total. The van der Waals surface area contributed by atoms with Crippen LogP contribution in [0, 0.1) is 73.0 Å². The van der Waals surface area contributed by atoms with Crippen molar-refractivity contribution < 1.29 is 76.6 Å². The third kappa shape index (κ3) is 21.8. The van der Waals surface area contributed by atoms with Gasteiger partial charge in [0.05, 0.1) is 51.0 Å². The number of rotatable bonds is 18. The summed E-state index contributed by atoms with van der Waals surface area (Å²) in [6.45, 7) is 16.6. The molecule has 12 aliphatic rings. The van der Waals surface area contributed by atoms with E-state index < -0.39 is 52.4 Å². The minimum absolute atomic E-state index is 0. The van der Waals surface area contributed by atoms with Gasteiger partial charge in [-0.25, -0.2) is 0 Å². The fraction of sp³-hybridized carbons (Fsp3) is 0.560. The first kappa shape index (κ1) is 103. The molecule has 8 saturated carbocycles. The highest BCUT2D eigenvalue weighted by molar-refractivity contribution is 5.87. The summed E-state index contributed by atoms with van der Waals surface area (Å²) >= 11 is 0. The monoisotopic (exact) mass is 1920 g/mol. The van der Waals surface area contributed by atoms with Gasteiger partial charge in [-0.2, -0.15) is 52.7 Å². The van der Waals surface area contributed by atoms with E-state index in [9.17, 15) is 71.9 Å². The summed E-state index contributed by atoms with van der Waals surface area (Å²) < 4.78 is 164. The van der Waals surface area contributed by atoms with Gasteiger partial charge in [-0.05, 0) is 252 Å². The molecule has 8 aliphatic carbocycles. The molecule has 4 N–H and O–H groups in total. The van der Waals surface area contributed by atoms with Crippen LogP contribution in [0.4, 0.5) is 52.7 Å². The van der Waals surface area contributed by atoms with E-state index in [-0.39, 0.29) is 105 Å². The van der Waals surface area contributed by atoms with Crippen molar-refractivity contribution in [2.24, 2.45) is 45.3 Å². The predicted octanol–water partition coefficient (Wildman–Crippen LogP) is 22.0. The summed E-state index contributed by atoms with van der Waals surface area (Å²) in [6, 6.07) is 35.3. The van der Waals surface area contributed by atoms with Crippen LogP contribution < -0.4 is 26.0 Å². The quantitative estimate of drug-likeness (QED) is 0.0594. The first-order valence-electron chi connectivity index (χ1n) is 49.0. The number of amides is 4. The summed E-state index contributed by atoms with van der Waals surface area (Å²) in [5, 5.41) is 14.7. The Balaban J connectivity index is 0.000000139. The molecular weight excluding hydrogens is 1790 g/mol. The van der Waals surface area contributed by atoms with Crippen LogP contribution in [-0.4, -0.2) is 121 Å². The van der Waals surface area contributed by atoms with Crippen LogP contribution in [0.1, 0.15) is 268 Å². The molecule has 0 spiro atoms. The number of aromatic nitrogens is 4. The molecule has 138 heavy (non-hydrogen) atoms. The minimum Gasteiger partial charge on any atom is -0.496 e. The van der Waals surface area contributed by atoms with Crippen LogP contribution in [0.5, 0.6) is 5.75 Å². The van der Waals surface area contributed by atoms with Gasteiger partial charge in [0.15, 0.2) is 0 Å². The number of carbonyl (C=O) groups excluding carboxylic acids is 4. The normalized spacial score (nSPS) is 26.0. The highest BCUT2D eigenvalue weighted by Crippen LogP contribution is 2.60. The molecule has 4 aromatic carbocycles. The van der Waals surface area contributed by atoms with E-state index in [1.165, 1.54) is 62.7 Å². The first-order chi connectivity index (χ1) is 64.9. The van der Waals surface area contributed by atoms with Crippen LogP contribution in [0.3, 0.4) is 0 Å². The number of hydrogen-bond acceptors (Lipinski definition) is 13. The number of fused-ring (bicyclic) bond motifs is 8. The van der Waals surface area contributed by atoms with Gasteiger partial charge in [0.2, 0.25) is 23.6 Å². The van der Waals surface area contributed by atoms with E-state index in [1.54, 1.807) is 26.7 Å². The molecule has 8 aromatic rings. The van der Waals surface area contributed by atoms with Crippen molar-refractivity contribution in [1.82, 2.24) is 60.8 Å². The number of benzene rings is 4. The van der Waals surface area contributed by atoms with Crippen LogP contribution in [0.25, 0.3) is 0 Å². The van der Waals surface area contributed by atoms with E-state index in [4.69, 9.17) is 4.74 Å². The molecule has 29 heteroatoms. The molecule has 4 amide bonds. The van der Waals surface area contributed by atoms with Crippen LogP contribution in [-0.2, 0) is 128 Å². The second kappa shape index (κ2) is 41.8. The molecule has 12 unspecified atom stereocenters. The van der Waals surface area contributed by atoms with Crippen molar-refractivity contribution in [3.05, 3.63) is 251 Å². The average Bonchev–Trinajstić information content (AvgIpc) is 1.60. The lowest BCUT2D eigenvalue weighted by Crippen LogP contribution is -2.46. The largest absolute Gasteiger partial charge is 0.496 e. The van der Waals surface area contributed by atoms with E-state index in [2.05, 4.69) is 136 Å². The topological polar surface area (TPSA) is 190 Å². The molecule has 4 aromatic heterocycles. The standard InChI is InChI=1S/3C27H32F3N3O.C26H30F3N3O2.2CH4/c1-17-5-6-19(10-18(17)2)14-31-23-12-21-4-3-8-26(21,13-23)25(34)33-9-7-24-20(16-33)11-22(15-32-24)27(28,29)30;1-17-5-6-18(2)19(10-17)14-31-23-12-21-4-3-8-26(21,13-23)25(34)33-9-7-24-20(16-33)11-22(15-32-24)27(28,29)30;1-2-18-5-3-6-19(11-18)15-31-23-13-21-7-4-9-26(21,14-23)25(34)33-10-8-24-20(17-33)12-22(16-32-24)27(28,29)30;1-34-23-7-3-2-5-17(23)14-30-21-12-19-6-4-9-25(19,13-21)24(33)32-10-8-22-18(16-32)11-20(15-31-22)26(27,28)29;;/h2*5-6,10-11,15,21,23,31H,3-4,7-9,12-14,16H2,1-2H3;3,5-6,11-12,16,21,23,31H,2,4,7-10,13-15,17H2,1H3;2-3,5,7,11,15,19,21,30H,4,6,8-10,12-14,16H2,1H3;2*1H4. The SMILES string of the molecule is C.C.CCc1cccc(CNC2CC3CCCC3(C(=O)N3CCc4ncc(C(F)(F)F)cc4C3)C2)c1.COc1ccccc1CNC1CC2CCCC2(C(=O)N2CCc3ncc(C(F)(F)F)cc3C2)C1.Cc1ccc(C)c(CNC2CC3CCCC3(C(=O)N3CCc4ncc(C(F)(F)F)cc4C3)C2)c1.Cc1ccc(CNC2CC3CCCC3(C(=O)N3CCc4ncc(C(F)(F)F)cc4C3)C2)cc1C. The lowest BCUT2D eigenvalue weighted by Gasteiger charge is -2.37. The van der Waals surface area contributed by atoms with Gasteiger partial charge in [-0.3, -0.25) is 39.1 Å². The number of aryl methyl sites for hydroxylation is 5. The van der Waals surface area contributed by atoms with Crippen molar-refractivity contribution in [1.29, 1.82) is 0 Å². The summed E-state index contributed by atoms with van der Waals surface area (Å²) in [5.41, 5.74) is 11.6. The maximum Gasteiger partial charge on any atom is 0.417 e. The Kier molecular flexibility index (Phi) is 31.0. The number of halogens is 12. The Morgan fingerprint density at radius 1 is 0.377 bits per heavy atom. The highest BCUT2D eigenvalue weighted by Gasteiger charge is 2.61. The number of methoxy groups -OCH3 is 1. The Morgan fingerprint density at radius 3 is 1.04 bits per heavy atom. The molecule has 8 fully saturated rings. The van der Waals surface area contributed by atoms with Crippen molar-refractivity contribution in [3.63, 3.8) is 0 Å². The predicted molar refractivity (Wildman–Crippen MR) is 506 cm³/mol. The van der Waals surface area contributed by atoms with Gasteiger partial charge in [0.1, 0.15) is 5.75 Å². The summed E-state index contributed by atoms with van der Waals surface area (Å²) in [4.78, 5) is 78.8. The zero-order chi connectivity index (χ0) is 96.0. The lowest BCUT2D eigenvalue weighted by atomic mass is 9.78. The number of nitrogens with one attached hydrogen (secondary N) is 4. The van der Waals surface area contributed by atoms with Crippen molar-refractivity contribution in [2.75, 3.05) is 33.3 Å². The molecule has 8 heterocycles. The van der Waals surface area contributed by atoms with Crippen molar-refractivity contribution in [3.8, 4) is 5.75 Å². The summed E-state index contributed by atoms with van der Waals surface area (Å²) in [6.07, 6.45) is 7.91. The van der Waals surface area contributed by atoms with Gasteiger partial charge >= 0.3 is 24.7 Å². The zero-order valence-corrected chi connectivity index (χ0v) is 78.6.